The molecule has 2 aromatic heterocycles. The SMILES string of the molecule is COc1ccc(OCc2nnc(SCc3cc(=O)c4cc(OC)ccc4[nH]3)n2C)cc1. The summed E-state index contributed by atoms with van der Waals surface area (Å²) < 4.78 is 18.0. The van der Waals surface area contributed by atoms with E-state index in [4.69, 9.17) is 14.2 Å². The lowest BCUT2D eigenvalue weighted by molar-refractivity contribution is 0.290. The zero-order valence-electron chi connectivity index (χ0n) is 17.4. The maximum absolute atomic E-state index is 12.5. The maximum atomic E-state index is 12.5. The number of H-pyrrole nitrogens is 1. The molecule has 2 heterocycles. The van der Waals surface area contributed by atoms with Crippen LogP contribution >= 0.6 is 11.8 Å². The van der Waals surface area contributed by atoms with E-state index >= 15 is 0 Å². The molecule has 2 aromatic carbocycles. The third-order valence-electron chi connectivity index (χ3n) is 4.80. The second-order valence-corrected chi connectivity index (χ2v) is 7.72. The zero-order chi connectivity index (χ0) is 21.8. The number of pyridine rings is 1. The third-order valence-corrected chi connectivity index (χ3v) is 5.87. The number of aromatic amines is 1. The van der Waals surface area contributed by atoms with Crippen molar-refractivity contribution in [2.75, 3.05) is 14.2 Å². The summed E-state index contributed by atoms with van der Waals surface area (Å²) in [6, 6.07) is 14.4. The second kappa shape index (κ2) is 9.13. The van der Waals surface area contributed by atoms with Crippen LogP contribution in [0.1, 0.15) is 11.5 Å². The van der Waals surface area contributed by atoms with E-state index in [9.17, 15) is 4.79 Å². The molecule has 31 heavy (non-hydrogen) atoms. The first-order valence-corrected chi connectivity index (χ1v) is 10.5. The number of hydrogen-bond acceptors (Lipinski definition) is 7. The number of fused-ring (bicyclic) bond motifs is 1. The van der Waals surface area contributed by atoms with Crippen LogP contribution in [0.2, 0.25) is 0 Å². The number of hydrogen-bond donors (Lipinski definition) is 1. The highest BCUT2D eigenvalue weighted by Crippen LogP contribution is 2.23. The number of rotatable bonds is 8. The number of methoxy groups -OCH3 is 2. The van der Waals surface area contributed by atoms with Gasteiger partial charge in [0, 0.05) is 35.5 Å². The lowest BCUT2D eigenvalue weighted by atomic mass is 10.2. The summed E-state index contributed by atoms with van der Waals surface area (Å²) in [5.41, 5.74) is 1.54. The Morgan fingerprint density at radius 2 is 1.68 bits per heavy atom. The first-order valence-electron chi connectivity index (χ1n) is 9.55. The van der Waals surface area contributed by atoms with Gasteiger partial charge in [0.1, 0.15) is 23.9 Å². The number of aromatic nitrogens is 4. The number of benzene rings is 2. The van der Waals surface area contributed by atoms with Gasteiger partial charge in [-0.1, -0.05) is 11.8 Å². The number of ether oxygens (including phenoxy) is 3. The molecule has 4 rings (SSSR count). The van der Waals surface area contributed by atoms with Crippen molar-refractivity contribution < 1.29 is 14.2 Å². The summed E-state index contributed by atoms with van der Waals surface area (Å²) in [7, 11) is 5.10. The molecule has 1 N–H and O–H groups in total. The fraction of sp³-hybridized carbons (Fsp3) is 0.227. The molecule has 0 unspecified atom stereocenters. The minimum absolute atomic E-state index is 0.0465. The van der Waals surface area contributed by atoms with Gasteiger partial charge < -0.3 is 23.8 Å². The summed E-state index contributed by atoms with van der Waals surface area (Å²) in [5.74, 6) is 3.42. The Bertz CT molecular complexity index is 1250. The van der Waals surface area contributed by atoms with Crippen LogP contribution in [0.5, 0.6) is 17.2 Å². The van der Waals surface area contributed by atoms with Gasteiger partial charge in [0.2, 0.25) is 0 Å². The fourth-order valence-electron chi connectivity index (χ4n) is 3.04. The van der Waals surface area contributed by atoms with E-state index in [-0.39, 0.29) is 5.43 Å². The van der Waals surface area contributed by atoms with Crippen LogP contribution in [0, 0.1) is 0 Å². The van der Waals surface area contributed by atoms with E-state index < -0.39 is 0 Å². The van der Waals surface area contributed by atoms with Gasteiger partial charge in [0.15, 0.2) is 16.4 Å². The second-order valence-electron chi connectivity index (χ2n) is 6.78. The lowest BCUT2D eigenvalue weighted by Gasteiger charge is -2.08. The molecule has 0 saturated heterocycles. The van der Waals surface area contributed by atoms with Crippen molar-refractivity contribution in [3.8, 4) is 17.2 Å². The normalized spacial score (nSPS) is 10.9. The fourth-order valence-corrected chi connectivity index (χ4v) is 3.88. The van der Waals surface area contributed by atoms with Crippen molar-refractivity contribution in [3.05, 3.63) is 70.3 Å². The predicted octanol–water partition coefficient (Wildman–Crippen LogP) is 3.55. The molecule has 160 valence electrons. The molecule has 0 saturated carbocycles. The van der Waals surface area contributed by atoms with Gasteiger partial charge in [0.05, 0.1) is 14.2 Å². The summed E-state index contributed by atoms with van der Waals surface area (Å²) >= 11 is 1.49. The van der Waals surface area contributed by atoms with Crippen LogP contribution in [0.15, 0.2) is 58.5 Å². The van der Waals surface area contributed by atoms with Gasteiger partial charge in [-0.2, -0.15) is 0 Å². The van der Waals surface area contributed by atoms with E-state index in [1.54, 1.807) is 26.4 Å². The van der Waals surface area contributed by atoms with E-state index in [1.165, 1.54) is 11.8 Å². The summed E-state index contributed by atoms with van der Waals surface area (Å²) in [5, 5.41) is 9.81. The van der Waals surface area contributed by atoms with Gasteiger partial charge in [0.25, 0.3) is 0 Å². The molecule has 0 fully saturated rings. The van der Waals surface area contributed by atoms with Gasteiger partial charge in [-0.05, 0) is 42.5 Å². The van der Waals surface area contributed by atoms with Gasteiger partial charge in [-0.15, -0.1) is 10.2 Å². The van der Waals surface area contributed by atoms with Crippen LogP contribution < -0.4 is 19.6 Å². The Balaban J connectivity index is 1.42. The topological polar surface area (TPSA) is 91.3 Å². The molecule has 0 bridgehead atoms. The average Bonchev–Trinajstić information content (AvgIpc) is 3.15. The van der Waals surface area contributed by atoms with Crippen LogP contribution in [0.4, 0.5) is 0 Å². The maximum Gasteiger partial charge on any atom is 0.191 e. The minimum atomic E-state index is -0.0465. The number of nitrogens with one attached hydrogen (secondary N) is 1. The Morgan fingerprint density at radius 1 is 0.968 bits per heavy atom. The molecule has 4 aromatic rings. The predicted molar refractivity (Wildman–Crippen MR) is 119 cm³/mol. The highest BCUT2D eigenvalue weighted by molar-refractivity contribution is 7.98. The van der Waals surface area contributed by atoms with E-state index in [0.717, 1.165) is 27.9 Å². The molecule has 0 aliphatic heterocycles. The van der Waals surface area contributed by atoms with Crippen molar-refractivity contribution in [2.24, 2.45) is 7.05 Å². The van der Waals surface area contributed by atoms with Crippen LogP contribution in [-0.4, -0.2) is 34.0 Å². The molecule has 0 aliphatic rings. The highest BCUT2D eigenvalue weighted by Gasteiger charge is 2.11. The molecule has 0 atom stereocenters. The first-order chi connectivity index (χ1) is 15.1. The molecule has 0 radical (unpaired) electrons. The smallest absolute Gasteiger partial charge is 0.191 e. The van der Waals surface area contributed by atoms with Crippen LogP contribution in [0.25, 0.3) is 10.9 Å². The Hall–Kier alpha value is -3.46. The van der Waals surface area contributed by atoms with E-state index in [0.29, 0.717) is 29.3 Å². The van der Waals surface area contributed by atoms with Crippen molar-refractivity contribution in [1.82, 2.24) is 19.7 Å². The highest BCUT2D eigenvalue weighted by atomic mass is 32.2. The third kappa shape index (κ3) is 4.66. The van der Waals surface area contributed by atoms with Crippen molar-refractivity contribution in [2.45, 2.75) is 17.5 Å². The Morgan fingerprint density at radius 3 is 2.42 bits per heavy atom. The quantitative estimate of drug-likeness (QED) is 0.421. The first kappa shape index (κ1) is 20.8. The van der Waals surface area contributed by atoms with Crippen molar-refractivity contribution >= 4 is 22.7 Å². The average molecular weight is 439 g/mol. The van der Waals surface area contributed by atoms with E-state index in [2.05, 4.69) is 15.2 Å². The zero-order valence-corrected chi connectivity index (χ0v) is 18.2. The van der Waals surface area contributed by atoms with Crippen molar-refractivity contribution in [1.29, 1.82) is 0 Å². The Labute approximate surface area is 183 Å². The lowest BCUT2D eigenvalue weighted by Crippen LogP contribution is -2.06. The molecule has 0 spiro atoms. The van der Waals surface area contributed by atoms with Gasteiger partial charge in [-0.3, -0.25) is 4.79 Å². The molecular weight excluding hydrogens is 416 g/mol. The monoisotopic (exact) mass is 438 g/mol. The summed E-state index contributed by atoms with van der Waals surface area (Å²) in [6.07, 6.45) is 0. The molecule has 8 nitrogen and oxygen atoms in total. The summed E-state index contributed by atoms with van der Waals surface area (Å²) in [6.45, 7) is 0.297. The van der Waals surface area contributed by atoms with E-state index in [1.807, 2.05) is 48.0 Å². The van der Waals surface area contributed by atoms with Crippen molar-refractivity contribution in [3.63, 3.8) is 0 Å². The molecule has 9 heteroatoms. The molecular formula is C22H22N4O4S. The number of nitrogens with zero attached hydrogens (tertiary/aromatic N) is 3. The standard InChI is InChI=1S/C22H22N4O4S/c1-26-21(12-30-16-6-4-15(28-2)5-7-16)24-25-22(26)31-13-14-10-20(27)18-11-17(29-3)8-9-19(18)23-14/h4-11H,12-13H2,1-3H3,(H,23,27). The molecule has 0 amide bonds. The minimum Gasteiger partial charge on any atom is -0.497 e. The molecule has 0 aliphatic carbocycles. The van der Waals surface area contributed by atoms with Crippen LogP contribution in [-0.2, 0) is 19.4 Å². The number of thioether (sulfide) groups is 1. The van der Waals surface area contributed by atoms with Gasteiger partial charge in [-0.25, -0.2) is 0 Å². The largest absolute Gasteiger partial charge is 0.497 e. The Kier molecular flexibility index (Phi) is 6.13. The van der Waals surface area contributed by atoms with Gasteiger partial charge >= 0.3 is 0 Å². The summed E-state index contributed by atoms with van der Waals surface area (Å²) in [4.78, 5) is 15.8. The van der Waals surface area contributed by atoms with Crippen LogP contribution in [0.3, 0.4) is 0 Å².